The van der Waals surface area contributed by atoms with Gasteiger partial charge in [-0.1, -0.05) is 12.1 Å². The maximum absolute atomic E-state index is 12.0. The van der Waals surface area contributed by atoms with Crippen LogP contribution in [0.2, 0.25) is 0 Å². The molecule has 0 aliphatic carbocycles. The van der Waals surface area contributed by atoms with Crippen LogP contribution in [0.15, 0.2) is 42.5 Å². The third-order valence-electron chi connectivity index (χ3n) is 4.16. The molecule has 29 heavy (non-hydrogen) atoms. The van der Waals surface area contributed by atoms with Crippen molar-refractivity contribution in [3.05, 3.63) is 59.2 Å². The monoisotopic (exact) mass is 396 g/mol. The van der Waals surface area contributed by atoms with Gasteiger partial charge in [-0.3, -0.25) is 19.2 Å². The number of Topliss-reactive ketones (excluding diaryl/α,β-unsaturated/α-hetero) is 1. The second kappa shape index (κ2) is 10.2. The number of ketones is 1. The Hall–Kier alpha value is -3.48. The fourth-order valence-electron chi connectivity index (χ4n) is 2.50. The van der Waals surface area contributed by atoms with E-state index in [-0.39, 0.29) is 24.5 Å². The van der Waals surface area contributed by atoms with Gasteiger partial charge in [-0.25, -0.2) is 0 Å². The van der Waals surface area contributed by atoms with Crippen molar-refractivity contribution in [3.8, 4) is 0 Å². The molecule has 0 aliphatic heterocycles. The zero-order valence-corrected chi connectivity index (χ0v) is 16.7. The summed E-state index contributed by atoms with van der Waals surface area (Å²) in [5, 5.41) is 5.33. The number of hydrogen-bond acceptors (Lipinski definition) is 5. The second-order valence-electron chi connectivity index (χ2n) is 6.71. The molecule has 152 valence electrons. The lowest BCUT2D eigenvalue weighted by atomic mass is 10.1. The van der Waals surface area contributed by atoms with Crippen LogP contribution in [0.5, 0.6) is 0 Å². The third kappa shape index (κ3) is 7.21. The lowest BCUT2D eigenvalue weighted by Gasteiger charge is -2.09. The molecule has 0 aliphatic rings. The average Bonchev–Trinajstić information content (AvgIpc) is 2.68. The topological polar surface area (TPSA) is 102 Å². The van der Waals surface area contributed by atoms with Crippen LogP contribution in [0.4, 0.5) is 11.4 Å². The smallest absolute Gasteiger partial charge is 0.306 e. The van der Waals surface area contributed by atoms with Gasteiger partial charge in [0.05, 0.1) is 6.42 Å². The Morgan fingerprint density at radius 2 is 1.55 bits per heavy atom. The van der Waals surface area contributed by atoms with Crippen molar-refractivity contribution >= 4 is 34.9 Å². The molecule has 7 heteroatoms. The van der Waals surface area contributed by atoms with Gasteiger partial charge in [0.15, 0.2) is 12.4 Å². The van der Waals surface area contributed by atoms with Gasteiger partial charge in [0, 0.05) is 23.4 Å². The Morgan fingerprint density at radius 3 is 2.21 bits per heavy atom. The van der Waals surface area contributed by atoms with Crippen molar-refractivity contribution in [1.82, 2.24) is 0 Å². The number of rotatable bonds is 8. The molecule has 0 saturated carbocycles. The maximum atomic E-state index is 12.0. The Bertz CT molecular complexity index is 919. The molecule has 0 saturated heterocycles. The van der Waals surface area contributed by atoms with Gasteiger partial charge in [-0.15, -0.1) is 0 Å². The molecule has 2 aromatic carbocycles. The summed E-state index contributed by atoms with van der Waals surface area (Å²) in [4.78, 5) is 46.9. The summed E-state index contributed by atoms with van der Waals surface area (Å²) in [6.07, 6.45) is -0.169. The maximum Gasteiger partial charge on any atom is 0.306 e. The Morgan fingerprint density at radius 1 is 0.862 bits per heavy atom. The molecule has 2 N–H and O–H groups in total. The van der Waals surface area contributed by atoms with Crippen molar-refractivity contribution in [2.24, 2.45) is 0 Å². The molecule has 0 atom stereocenters. The van der Waals surface area contributed by atoms with E-state index < -0.39 is 18.5 Å². The van der Waals surface area contributed by atoms with E-state index in [1.807, 2.05) is 32.0 Å². The number of nitrogens with one attached hydrogen (secondary N) is 2. The summed E-state index contributed by atoms with van der Waals surface area (Å²) < 4.78 is 4.90. The van der Waals surface area contributed by atoms with Gasteiger partial charge >= 0.3 is 5.97 Å². The molecule has 0 aromatic heterocycles. The fourth-order valence-corrected chi connectivity index (χ4v) is 2.50. The van der Waals surface area contributed by atoms with E-state index >= 15 is 0 Å². The van der Waals surface area contributed by atoms with E-state index in [0.29, 0.717) is 16.9 Å². The summed E-state index contributed by atoms with van der Waals surface area (Å²) in [5.74, 6) is -1.51. The zero-order valence-electron chi connectivity index (χ0n) is 16.7. The minimum atomic E-state index is -0.636. The lowest BCUT2D eigenvalue weighted by Crippen LogP contribution is -2.22. The molecular formula is C22H24N2O5. The van der Waals surface area contributed by atoms with Crippen molar-refractivity contribution < 1.29 is 23.9 Å². The molecule has 0 unspecified atom stereocenters. The summed E-state index contributed by atoms with van der Waals surface area (Å²) >= 11 is 0. The normalized spacial score (nSPS) is 10.2. The van der Waals surface area contributed by atoms with Crippen molar-refractivity contribution in [2.75, 3.05) is 17.2 Å². The first kappa shape index (κ1) is 21.8. The van der Waals surface area contributed by atoms with Crippen molar-refractivity contribution in [3.63, 3.8) is 0 Å². The molecule has 0 fully saturated rings. The third-order valence-corrected chi connectivity index (χ3v) is 4.16. The molecule has 2 aromatic rings. The molecule has 0 bridgehead atoms. The minimum Gasteiger partial charge on any atom is -0.456 e. The zero-order chi connectivity index (χ0) is 21.4. The first-order valence-electron chi connectivity index (χ1n) is 9.18. The minimum absolute atomic E-state index is 0.0413. The highest BCUT2D eigenvalue weighted by Crippen LogP contribution is 2.16. The van der Waals surface area contributed by atoms with E-state index in [1.54, 1.807) is 24.3 Å². The summed E-state index contributed by atoms with van der Waals surface area (Å²) in [6.45, 7) is 4.81. The predicted molar refractivity (Wildman–Crippen MR) is 110 cm³/mol. The van der Waals surface area contributed by atoms with E-state index in [0.717, 1.165) is 11.1 Å². The Kier molecular flexibility index (Phi) is 7.65. The Balaban J connectivity index is 1.72. The van der Waals surface area contributed by atoms with E-state index in [9.17, 15) is 19.2 Å². The molecule has 7 nitrogen and oxygen atoms in total. The van der Waals surface area contributed by atoms with E-state index in [4.69, 9.17) is 4.74 Å². The molecule has 0 spiro atoms. The number of hydrogen-bond donors (Lipinski definition) is 2. The standard InChI is InChI=1S/C22H24N2O5/c1-14-4-5-15(2)19(12-14)24-20(26)10-11-22(28)29-13-21(27)23-18-8-6-17(7-9-18)16(3)25/h4-9,12H,10-11,13H2,1-3H3,(H,23,27)(H,24,26). The fraction of sp³-hybridized carbons (Fsp3) is 0.273. The van der Waals surface area contributed by atoms with Crippen LogP contribution >= 0.6 is 0 Å². The van der Waals surface area contributed by atoms with Crippen molar-refractivity contribution in [1.29, 1.82) is 0 Å². The number of anilines is 2. The number of aryl methyl sites for hydroxylation is 2. The Labute approximate surface area is 169 Å². The average molecular weight is 396 g/mol. The first-order chi connectivity index (χ1) is 13.7. The largest absolute Gasteiger partial charge is 0.456 e. The number of carbonyl (C=O) groups excluding carboxylic acids is 4. The first-order valence-corrected chi connectivity index (χ1v) is 9.18. The van der Waals surface area contributed by atoms with Crippen LogP contribution in [0.25, 0.3) is 0 Å². The number of esters is 1. The van der Waals surface area contributed by atoms with Crippen LogP contribution in [-0.2, 0) is 19.1 Å². The number of amides is 2. The molecule has 0 radical (unpaired) electrons. The summed E-state index contributed by atoms with van der Waals surface area (Å²) in [5.41, 5.74) is 3.68. The van der Waals surface area contributed by atoms with Crippen LogP contribution in [0.1, 0.15) is 41.3 Å². The van der Waals surface area contributed by atoms with Crippen LogP contribution in [0.3, 0.4) is 0 Å². The number of benzene rings is 2. The van der Waals surface area contributed by atoms with Gasteiger partial charge in [-0.2, -0.15) is 0 Å². The van der Waals surface area contributed by atoms with Gasteiger partial charge < -0.3 is 15.4 Å². The van der Waals surface area contributed by atoms with E-state index in [1.165, 1.54) is 6.92 Å². The molecule has 2 rings (SSSR count). The molecule has 2 amide bonds. The van der Waals surface area contributed by atoms with Crippen LogP contribution in [0, 0.1) is 13.8 Å². The molecule has 0 heterocycles. The van der Waals surface area contributed by atoms with Crippen molar-refractivity contribution in [2.45, 2.75) is 33.6 Å². The molecular weight excluding hydrogens is 372 g/mol. The van der Waals surface area contributed by atoms with Gasteiger partial charge in [-0.05, 0) is 62.2 Å². The summed E-state index contributed by atoms with van der Waals surface area (Å²) in [7, 11) is 0. The SMILES string of the molecule is CC(=O)c1ccc(NC(=O)COC(=O)CCC(=O)Nc2cc(C)ccc2C)cc1. The highest BCUT2D eigenvalue weighted by molar-refractivity contribution is 5.96. The summed E-state index contributed by atoms with van der Waals surface area (Å²) in [6, 6.07) is 12.1. The predicted octanol–water partition coefficient (Wildman–Crippen LogP) is 3.41. The highest BCUT2D eigenvalue weighted by atomic mass is 16.5. The van der Waals surface area contributed by atoms with Crippen LogP contribution < -0.4 is 10.6 Å². The van der Waals surface area contributed by atoms with Gasteiger partial charge in [0.1, 0.15) is 0 Å². The number of carbonyl (C=O) groups is 4. The highest BCUT2D eigenvalue weighted by Gasteiger charge is 2.12. The van der Waals surface area contributed by atoms with E-state index in [2.05, 4.69) is 10.6 Å². The number of ether oxygens (including phenoxy) is 1. The lowest BCUT2D eigenvalue weighted by molar-refractivity contribution is -0.147. The van der Waals surface area contributed by atoms with Crippen LogP contribution in [-0.4, -0.2) is 30.2 Å². The van der Waals surface area contributed by atoms with Gasteiger partial charge in [0.25, 0.3) is 5.91 Å². The quantitative estimate of drug-likeness (QED) is 0.526. The second-order valence-corrected chi connectivity index (χ2v) is 6.71. The van der Waals surface area contributed by atoms with Gasteiger partial charge in [0.2, 0.25) is 5.91 Å².